The fourth-order valence-electron chi connectivity index (χ4n) is 4.65. The van der Waals surface area contributed by atoms with Gasteiger partial charge >= 0.3 is 5.97 Å². The number of ether oxygens (including phenoxy) is 1. The molecule has 1 atom stereocenters. The number of ketones is 1. The zero-order chi connectivity index (χ0) is 23.9. The predicted octanol–water partition coefficient (Wildman–Crippen LogP) is 6.78. The molecule has 0 unspecified atom stereocenters. The Morgan fingerprint density at radius 2 is 1.71 bits per heavy atom. The van der Waals surface area contributed by atoms with Crippen LogP contribution >= 0.6 is 11.6 Å². The van der Waals surface area contributed by atoms with Crippen LogP contribution in [0.4, 0.5) is 11.4 Å². The molecule has 5 rings (SSSR count). The van der Waals surface area contributed by atoms with E-state index in [0.29, 0.717) is 22.8 Å². The van der Waals surface area contributed by atoms with Crippen LogP contribution in [0.2, 0.25) is 5.02 Å². The van der Waals surface area contributed by atoms with Crippen LogP contribution in [0.3, 0.4) is 0 Å². The van der Waals surface area contributed by atoms with Gasteiger partial charge in [-0.25, -0.2) is 4.79 Å². The summed E-state index contributed by atoms with van der Waals surface area (Å²) in [5.74, 6) is 0.0631. The number of anilines is 2. The normalized spacial score (nSPS) is 18.7. The van der Waals surface area contributed by atoms with Crippen LogP contribution < -0.4 is 15.4 Å². The highest BCUT2D eigenvalue weighted by molar-refractivity contribution is 6.30. The summed E-state index contributed by atoms with van der Waals surface area (Å²) in [5, 5.41) is 7.63. The largest absolute Gasteiger partial charge is 0.423 e. The second-order valence-electron chi connectivity index (χ2n) is 9.55. The minimum atomic E-state index is -0.468. The van der Waals surface area contributed by atoms with Crippen molar-refractivity contribution in [1.29, 1.82) is 0 Å². The average Bonchev–Trinajstić information content (AvgIpc) is 2.95. The molecule has 0 spiro atoms. The van der Waals surface area contributed by atoms with E-state index in [0.717, 1.165) is 34.6 Å². The lowest BCUT2D eigenvalue weighted by Gasteiger charge is -2.34. The van der Waals surface area contributed by atoms with E-state index in [9.17, 15) is 9.59 Å². The molecule has 3 aromatic rings. The molecule has 1 heterocycles. The van der Waals surface area contributed by atoms with Crippen LogP contribution in [0.1, 0.15) is 48.7 Å². The number of allylic oxidation sites excluding steroid dienone is 1. The summed E-state index contributed by atoms with van der Waals surface area (Å²) >= 11 is 5.92. The third-order valence-electron chi connectivity index (χ3n) is 6.20. The van der Waals surface area contributed by atoms with Gasteiger partial charge in [0.05, 0.1) is 23.0 Å². The van der Waals surface area contributed by atoms with Gasteiger partial charge in [-0.2, -0.15) is 0 Å². The number of hydrogen-bond acceptors (Lipinski definition) is 5. The van der Waals surface area contributed by atoms with Gasteiger partial charge in [-0.3, -0.25) is 4.79 Å². The Hall–Kier alpha value is -3.57. The Bertz CT molecular complexity index is 1310. The quantitative estimate of drug-likeness (QED) is 0.325. The molecule has 0 aromatic heterocycles. The Morgan fingerprint density at radius 1 is 0.971 bits per heavy atom. The van der Waals surface area contributed by atoms with Crippen LogP contribution in [0.15, 0.2) is 84.1 Å². The van der Waals surface area contributed by atoms with Gasteiger partial charge in [0.2, 0.25) is 0 Å². The van der Waals surface area contributed by atoms with Crippen molar-refractivity contribution in [3.05, 3.63) is 100 Å². The number of fused-ring (bicyclic) bond motifs is 1. The highest BCUT2D eigenvalue weighted by atomic mass is 35.5. The van der Waals surface area contributed by atoms with E-state index < -0.39 is 5.97 Å². The van der Waals surface area contributed by atoms with Crippen LogP contribution in [0.25, 0.3) is 0 Å². The SMILES string of the molecule is CC1(C)CC(=O)C2=C(C1)Nc1ccccc1N[C@@H]2c1cccc(OC(=O)c2ccc(Cl)cc2)c1. The molecule has 0 fully saturated rings. The van der Waals surface area contributed by atoms with E-state index in [-0.39, 0.29) is 17.2 Å². The first-order valence-electron chi connectivity index (χ1n) is 11.3. The topological polar surface area (TPSA) is 67.4 Å². The summed E-state index contributed by atoms with van der Waals surface area (Å²) < 4.78 is 5.64. The van der Waals surface area contributed by atoms with Gasteiger partial charge in [0, 0.05) is 22.7 Å². The van der Waals surface area contributed by atoms with Gasteiger partial charge < -0.3 is 15.4 Å². The molecule has 0 radical (unpaired) electrons. The smallest absolute Gasteiger partial charge is 0.343 e. The van der Waals surface area contributed by atoms with Gasteiger partial charge in [0.1, 0.15) is 5.75 Å². The molecule has 5 nitrogen and oxygen atoms in total. The Kier molecular flexibility index (Phi) is 5.66. The number of esters is 1. The first-order valence-corrected chi connectivity index (χ1v) is 11.6. The van der Waals surface area contributed by atoms with Crippen molar-refractivity contribution in [3.63, 3.8) is 0 Å². The van der Waals surface area contributed by atoms with Gasteiger partial charge in [-0.1, -0.05) is 49.7 Å². The minimum Gasteiger partial charge on any atom is -0.423 e. The van der Waals surface area contributed by atoms with Crippen molar-refractivity contribution in [2.75, 3.05) is 10.6 Å². The van der Waals surface area contributed by atoms with Crippen molar-refractivity contribution >= 4 is 34.7 Å². The second kappa shape index (κ2) is 8.65. The Balaban J connectivity index is 1.52. The molecule has 0 amide bonds. The number of Topliss-reactive ketones (excluding diaryl/α,β-unsaturated/α-hetero) is 1. The highest BCUT2D eigenvalue weighted by Crippen LogP contribution is 2.45. The van der Waals surface area contributed by atoms with Crippen molar-refractivity contribution in [2.45, 2.75) is 32.7 Å². The molecule has 1 aliphatic heterocycles. The molecular weight excluding hydrogens is 448 g/mol. The highest BCUT2D eigenvalue weighted by Gasteiger charge is 2.38. The van der Waals surface area contributed by atoms with Crippen molar-refractivity contribution < 1.29 is 14.3 Å². The maximum atomic E-state index is 13.4. The maximum absolute atomic E-state index is 13.4. The van der Waals surface area contributed by atoms with E-state index in [1.54, 1.807) is 30.3 Å². The summed E-state index contributed by atoms with van der Waals surface area (Å²) in [6.07, 6.45) is 1.25. The molecule has 2 N–H and O–H groups in total. The number of nitrogens with one attached hydrogen (secondary N) is 2. The monoisotopic (exact) mass is 472 g/mol. The second-order valence-corrected chi connectivity index (χ2v) is 9.99. The molecule has 0 bridgehead atoms. The first-order chi connectivity index (χ1) is 16.3. The summed E-state index contributed by atoms with van der Waals surface area (Å²) in [7, 11) is 0. The Morgan fingerprint density at radius 3 is 2.47 bits per heavy atom. The third kappa shape index (κ3) is 4.44. The number of carbonyl (C=O) groups excluding carboxylic acids is 2. The standard InChI is InChI=1S/C28H25ClN2O3/c1-28(2)15-23-25(24(32)16-28)26(31-22-9-4-3-8-21(22)30-23)18-6-5-7-20(14-18)34-27(33)17-10-12-19(29)13-11-17/h3-14,26,30-31H,15-16H2,1-2H3/t26-/m1/s1. The van der Waals surface area contributed by atoms with Gasteiger partial charge in [-0.15, -0.1) is 0 Å². The molecule has 3 aromatic carbocycles. The van der Waals surface area contributed by atoms with Crippen molar-refractivity contribution in [1.82, 2.24) is 0 Å². The third-order valence-corrected chi connectivity index (χ3v) is 6.45. The fraction of sp³-hybridized carbons (Fsp3) is 0.214. The van der Waals surface area contributed by atoms with E-state index in [4.69, 9.17) is 16.3 Å². The molecule has 6 heteroatoms. The number of para-hydroxylation sites is 2. The minimum absolute atomic E-state index is 0.118. The number of rotatable bonds is 3. The van der Waals surface area contributed by atoms with Crippen LogP contribution in [0.5, 0.6) is 5.75 Å². The molecule has 0 saturated carbocycles. The zero-order valence-electron chi connectivity index (χ0n) is 19.0. The number of benzene rings is 3. The molecule has 34 heavy (non-hydrogen) atoms. The van der Waals surface area contributed by atoms with Gasteiger partial charge in [0.25, 0.3) is 0 Å². The van der Waals surface area contributed by atoms with Gasteiger partial charge in [-0.05, 0) is 65.9 Å². The lowest BCUT2D eigenvalue weighted by atomic mass is 9.73. The number of halogens is 1. The number of carbonyl (C=O) groups is 2. The first kappa shape index (κ1) is 22.2. The molecule has 0 saturated heterocycles. The van der Waals surface area contributed by atoms with E-state index in [1.807, 2.05) is 42.5 Å². The summed E-state index contributed by atoms with van der Waals surface area (Å²) in [6.45, 7) is 4.23. The van der Waals surface area contributed by atoms with E-state index in [2.05, 4.69) is 24.5 Å². The molecule has 2 aliphatic rings. The van der Waals surface area contributed by atoms with Crippen LogP contribution in [-0.4, -0.2) is 11.8 Å². The van der Waals surface area contributed by atoms with E-state index in [1.165, 1.54) is 0 Å². The molecular formula is C28H25ClN2O3. The fourth-order valence-corrected chi connectivity index (χ4v) is 4.77. The molecule has 1 aliphatic carbocycles. The predicted molar refractivity (Wildman–Crippen MR) is 134 cm³/mol. The average molecular weight is 473 g/mol. The van der Waals surface area contributed by atoms with Crippen LogP contribution in [0, 0.1) is 5.41 Å². The maximum Gasteiger partial charge on any atom is 0.343 e. The van der Waals surface area contributed by atoms with Crippen LogP contribution in [-0.2, 0) is 4.79 Å². The van der Waals surface area contributed by atoms with Gasteiger partial charge in [0.15, 0.2) is 5.78 Å². The molecule has 172 valence electrons. The summed E-state index contributed by atoms with van der Waals surface area (Å²) in [6, 6.07) is 21.5. The van der Waals surface area contributed by atoms with E-state index >= 15 is 0 Å². The van der Waals surface area contributed by atoms with Crippen molar-refractivity contribution in [3.8, 4) is 5.75 Å². The zero-order valence-corrected chi connectivity index (χ0v) is 19.8. The Labute approximate surface area is 203 Å². The van der Waals surface area contributed by atoms with Crippen molar-refractivity contribution in [2.24, 2.45) is 5.41 Å². The summed E-state index contributed by atoms with van der Waals surface area (Å²) in [4.78, 5) is 26.0. The number of hydrogen-bond donors (Lipinski definition) is 2. The summed E-state index contributed by atoms with van der Waals surface area (Å²) in [5.41, 5.74) is 4.66. The lowest BCUT2D eigenvalue weighted by molar-refractivity contribution is -0.118. The lowest BCUT2D eigenvalue weighted by Crippen LogP contribution is -2.31.